The minimum atomic E-state index is -0.886. The molecule has 0 spiro atoms. The van der Waals surface area contributed by atoms with E-state index in [1.807, 2.05) is 5.32 Å². The van der Waals surface area contributed by atoms with Crippen LogP contribution in [0.15, 0.2) is 0 Å². The molecule has 0 rings (SSSR count). The number of hydrogen-bond donors (Lipinski definition) is 4. The van der Waals surface area contributed by atoms with Crippen LogP contribution < -0.4 is 16.4 Å². The van der Waals surface area contributed by atoms with Gasteiger partial charge in [0.05, 0.1) is 12.1 Å². The Kier molecular flexibility index (Phi) is 4.70. The molecule has 0 aliphatic carbocycles. The molecule has 0 heterocycles. The van der Waals surface area contributed by atoms with Crippen LogP contribution in [0, 0.1) is 0 Å². The molecule has 0 saturated carbocycles. The Morgan fingerprint density at radius 1 is 1.33 bits per heavy atom. The lowest BCUT2D eigenvalue weighted by Gasteiger charge is -2.32. The van der Waals surface area contributed by atoms with Gasteiger partial charge in [-0.3, -0.25) is 15.4 Å². The number of carbonyl (C=O) groups is 2. The molecular formula is C9H19N3O3. The van der Waals surface area contributed by atoms with E-state index in [1.165, 1.54) is 0 Å². The average Bonchev–Trinajstić information content (AvgIpc) is 2.01. The van der Waals surface area contributed by atoms with Crippen LogP contribution in [0.3, 0.4) is 0 Å². The number of rotatable bonds is 4. The van der Waals surface area contributed by atoms with Gasteiger partial charge in [-0.15, -0.1) is 0 Å². The monoisotopic (exact) mass is 217 g/mol. The number of imide groups is 1. The van der Waals surface area contributed by atoms with E-state index in [-0.39, 0.29) is 0 Å². The third-order valence-corrected chi connectivity index (χ3v) is 2.27. The van der Waals surface area contributed by atoms with Crippen LogP contribution >= 0.6 is 0 Å². The number of carbonyl (C=O) groups excluding carboxylic acids is 2. The van der Waals surface area contributed by atoms with Crippen LogP contribution in [0.2, 0.25) is 0 Å². The summed E-state index contributed by atoms with van der Waals surface area (Å²) in [5.74, 6) is -0.517. The first kappa shape index (κ1) is 13.9. The number of nitrogens with two attached hydrogens (primary N) is 1. The van der Waals surface area contributed by atoms with E-state index in [9.17, 15) is 14.7 Å². The molecule has 3 amide bonds. The van der Waals surface area contributed by atoms with Crippen LogP contribution in [0.5, 0.6) is 0 Å². The van der Waals surface area contributed by atoms with E-state index < -0.39 is 29.6 Å². The highest BCUT2D eigenvalue weighted by molar-refractivity contribution is 5.96. The summed E-state index contributed by atoms with van der Waals surface area (Å²) in [6.07, 6.45) is -0.624. The predicted molar refractivity (Wildman–Crippen MR) is 56.1 cm³/mol. The summed E-state index contributed by atoms with van der Waals surface area (Å²) in [7, 11) is 0. The van der Waals surface area contributed by atoms with Gasteiger partial charge in [0.2, 0.25) is 5.91 Å². The number of aliphatic hydroxyl groups excluding tert-OH is 1. The normalized spacial score (nSPS) is 15.5. The second-order valence-electron chi connectivity index (χ2n) is 4.12. The van der Waals surface area contributed by atoms with Crippen LogP contribution in [0.4, 0.5) is 4.79 Å². The van der Waals surface area contributed by atoms with Gasteiger partial charge in [-0.2, -0.15) is 0 Å². The van der Waals surface area contributed by atoms with Crippen molar-refractivity contribution < 1.29 is 14.7 Å². The smallest absolute Gasteiger partial charge is 0.318 e. The van der Waals surface area contributed by atoms with Crippen LogP contribution in [0.25, 0.3) is 0 Å². The highest BCUT2D eigenvalue weighted by Gasteiger charge is 2.28. The van der Waals surface area contributed by atoms with Crippen molar-refractivity contribution in [2.24, 2.45) is 5.73 Å². The Labute approximate surface area is 89.2 Å². The van der Waals surface area contributed by atoms with Crippen molar-refractivity contribution >= 4 is 11.9 Å². The van der Waals surface area contributed by atoms with Gasteiger partial charge >= 0.3 is 6.03 Å². The SMILES string of the molecule is CC(NC(C)(C)C(C)O)C(=O)NC(N)=O. The molecule has 0 aromatic rings. The van der Waals surface area contributed by atoms with Crippen molar-refractivity contribution in [3.8, 4) is 0 Å². The summed E-state index contributed by atoms with van der Waals surface area (Å²) < 4.78 is 0. The molecule has 0 aliphatic rings. The Bertz CT molecular complexity index is 251. The van der Waals surface area contributed by atoms with Gasteiger partial charge in [0.25, 0.3) is 0 Å². The maximum absolute atomic E-state index is 11.3. The first-order chi connectivity index (χ1) is 6.66. The molecule has 0 aromatic heterocycles. The molecule has 0 fully saturated rings. The molecular weight excluding hydrogens is 198 g/mol. The van der Waals surface area contributed by atoms with Gasteiger partial charge in [0.15, 0.2) is 0 Å². The van der Waals surface area contributed by atoms with Gasteiger partial charge in [0.1, 0.15) is 0 Å². The van der Waals surface area contributed by atoms with E-state index in [1.54, 1.807) is 27.7 Å². The maximum Gasteiger partial charge on any atom is 0.318 e. The van der Waals surface area contributed by atoms with Crippen molar-refractivity contribution in [3.05, 3.63) is 0 Å². The topological polar surface area (TPSA) is 104 Å². The minimum Gasteiger partial charge on any atom is -0.392 e. The minimum absolute atomic E-state index is 0.517. The van der Waals surface area contributed by atoms with Gasteiger partial charge in [-0.25, -0.2) is 4.79 Å². The van der Waals surface area contributed by atoms with E-state index in [0.717, 1.165) is 0 Å². The van der Waals surface area contributed by atoms with E-state index in [4.69, 9.17) is 5.73 Å². The molecule has 0 saturated heterocycles. The summed E-state index contributed by atoms with van der Waals surface area (Å²) >= 11 is 0. The molecule has 0 aliphatic heterocycles. The fourth-order valence-corrected chi connectivity index (χ4v) is 0.974. The standard InChI is InChI=1S/C9H19N3O3/c1-5(7(14)11-8(10)15)12-9(3,4)6(2)13/h5-6,12-13H,1-4H3,(H3,10,11,14,15). The lowest BCUT2D eigenvalue weighted by atomic mass is 9.97. The molecule has 0 radical (unpaired) electrons. The van der Waals surface area contributed by atoms with Gasteiger partial charge < -0.3 is 10.8 Å². The molecule has 15 heavy (non-hydrogen) atoms. The van der Waals surface area contributed by atoms with Gasteiger partial charge in [-0.1, -0.05) is 0 Å². The van der Waals surface area contributed by atoms with Gasteiger partial charge in [0, 0.05) is 5.54 Å². The van der Waals surface area contributed by atoms with Crippen molar-refractivity contribution in [1.29, 1.82) is 0 Å². The highest BCUT2D eigenvalue weighted by atomic mass is 16.3. The third-order valence-electron chi connectivity index (χ3n) is 2.27. The molecule has 5 N–H and O–H groups in total. The molecule has 88 valence electrons. The number of urea groups is 1. The molecule has 0 aromatic carbocycles. The quantitative estimate of drug-likeness (QED) is 0.500. The van der Waals surface area contributed by atoms with Crippen molar-refractivity contribution in [2.45, 2.75) is 45.4 Å². The van der Waals surface area contributed by atoms with E-state index >= 15 is 0 Å². The van der Waals surface area contributed by atoms with Crippen LogP contribution in [-0.2, 0) is 4.79 Å². The lowest BCUT2D eigenvalue weighted by Crippen LogP contribution is -2.57. The summed E-state index contributed by atoms with van der Waals surface area (Å²) in [6, 6.07) is -1.49. The summed E-state index contributed by atoms with van der Waals surface area (Å²) in [4.78, 5) is 21.7. The van der Waals surface area contributed by atoms with Gasteiger partial charge in [-0.05, 0) is 27.7 Å². The second kappa shape index (κ2) is 5.09. The van der Waals surface area contributed by atoms with Crippen molar-refractivity contribution in [2.75, 3.05) is 0 Å². The fourth-order valence-electron chi connectivity index (χ4n) is 0.974. The fraction of sp³-hybridized carbons (Fsp3) is 0.778. The highest BCUT2D eigenvalue weighted by Crippen LogP contribution is 2.09. The number of nitrogens with one attached hydrogen (secondary N) is 2. The first-order valence-electron chi connectivity index (χ1n) is 4.73. The summed E-state index contributed by atoms with van der Waals surface area (Å²) in [6.45, 7) is 6.71. The van der Waals surface area contributed by atoms with Crippen LogP contribution in [0.1, 0.15) is 27.7 Å². The third kappa shape index (κ3) is 4.75. The average molecular weight is 217 g/mol. The zero-order chi connectivity index (χ0) is 12.2. The zero-order valence-electron chi connectivity index (χ0n) is 9.50. The summed E-state index contributed by atoms with van der Waals surface area (Å²) in [5.41, 5.74) is 4.19. The number of aliphatic hydroxyl groups is 1. The summed E-state index contributed by atoms with van der Waals surface area (Å²) in [5, 5.41) is 14.3. The number of primary amides is 1. The predicted octanol–water partition coefficient (Wildman–Crippen LogP) is -0.681. The molecule has 0 bridgehead atoms. The Morgan fingerprint density at radius 3 is 2.13 bits per heavy atom. The van der Waals surface area contributed by atoms with Crippen molar-refractivity contribution in [3.63, 3.8) is 0 Å². The van der Waals surface area contributed by atoms with E-state index in [0.29, 0.717) is 0 Å². The molecule has 2 unspecified atom stereocenters. The lowest BCUT2D eigenvalue weighted by molar-refractivity contribution is -0.122. The number of hydrogen-bond acceptors (Lipinski definition) is 4. The first-order valence-corrected chi connectivity index (χ1v) is 4.73. The Hall–Kier alpha value is -1.14. The molecule has 2 atom stereocenters. The Morgan fingerprint density at radius 2 is 1.80 bits per heavy atom. The zero-order valence-corrected chi connectivity index (χ0v) is 9.50. The van der Waals surface area contributed by atoms with E-state index in [2.05, 4.69) is 5.32 Å². The maximum atomic E-state index is 11.3. The second-order valence-corrected chi connectivity index (χ2v) is 4.12. The molecule has 6 nitrogen and oxygen atoms in total. The largest absolute Gasteiger partial charge is 0.392 e. The molecule has 6 heteroatoms. The van der Waals surface area contributed by atoms with Crippen molar-refractivity contribution in [1.82, 2.24) is 10.6 Å². The Balaban J connectivity index is 4.30. The number of amides is 3. The van der Waals surface area contributed by atoms with Crippen LogP contribution in [-0.4, -0.2) is 34.7 Å².